The molecule has 8 nitrogen and oxygen atoms in total. The van der Waals surface area contributed by atoms with Gasteiger partial charge in [0.2, 0.25) is 5.82 Å². The van der Waals surface area contributed by atoms with E-state index in [0.29, 0.717) is 18.0 Å². The second kappa shape index (κ2) is 10.2. The smallest absolute Gasteiger partial charge is 0.406 e. The Hall–Kier alpha value is -3.86. The van der Waals surface area contributed by atoms with E-state index in [-0.39, 0.29) is 11.6 Å². The predicted octanol–water partition coefficient (Wildman–Crippen LogP) is 4.83. The maximum absolute atomic E-state index is 12.3. The van der Waals surface area contributed by atoms with Crippen molar-refractivity contribution >= 4 is 5.82 Å². The number of hydrogen-bond acceptors (Lipinski definition) is 7. The van der Waals surface area contributed by atoms with Crippen LogP contribution in [0.1, 0.15) is 11.3 Å². The van der Waals surface area contributed by atoms with E-state index in [2.05, 4.69) is 34.6 Å². The van der Waals surface area contributed by atoms with E-state index in [1.165, 1.54) is 24.3 Å². The molecule has 11 heteroatoms. The molecular weight excluding hydrogens is 461 g/mol. The zero-order valence-electron chi connectivity index (χ0n) is 19.5. The van der Waals surface area contributed by atoms with E-state index in [0.717, 1.165) is 35.7 Å². The number of anilines is 1. The van der Waals surface area contributed by atoms with Crippen molar-refractivity contribution in [3.8, 4) is 28.6 Å². The van der Waals surface area contributed by atoms with Crippen molar-refractivity contribution in [2.75, 3.05) is 32.5 Å². The van der Waals surface area contributed by atoms with Gasteiger partial charge >= 0.3 is 6.36 Å². The second-order valence-corrected chi connectivity index (χ2v) is 8.28. The van der Waals surface area contributed by atoms with E-state index >= 15 is 0 Å². The third-order valence-electron chi connectivity index (χ3n) is 5.17. The number of nitrogens with zero attached hydrogens (tertiary/aromatic N) is 5. The highest BCUT2D eigenvalue weighted by Gasteiger charge is 2.31. The monoisotopic (exact) mass is 486 g/mol. The van der Waals surface area contributed by atoms with E-state index in [4.69, 9.17) is 4.52 Å². The van der Waals surface area contributed by atoms with Crippen LogP contribution in [0.5, 0.6) is 5.75 Å². The van der Waals surface area contributed by atoms with Crippen molar-refractivity contribution in [3.63, 3.8) is 0 Å². The minimum Gasteiger partial charge on any atom is -0.406 e. The van der Waals surface area contributed by atoms with Crippen LogP contribution in [0.4, 0.5) is 19.0 Å². The fraction of sp³-hybridized carbons (Fsp3) is 0.292. The lowest BCUT2D eigenvalue weighted by Crippen LogP contribution is -2.21. The first-order valence-electron chi connectivity index (χ1n) is 10.9. The van der Waals surface area contributed by atoms with Gasteiger partial charge in [0, 0.05) is 43.3 Å². The first kappa shape index (κ1) is 24.3. The van der Waals surface area contributed by atoms with Gasteiger partial charge in [0.15, 0.2) is 0 Å². The van der Waals surface area contributed by atoms with Gasteiger partial charge in [-0.3, -0.25) is 0 Å². The van der Waals surface area contributed by atoms with Crippen molar-refractivity contribution in [1.29, 1.82) is 0 Å². The molecule has 35 heavy (non-hydrogen) atoms. The third-order valence-corrected chi connectivity index (χ3v) is 5.17. The van der Waals surface area contributed by atoms with Gasteiger partial charge in [-0.25, -0.2) is 4.98 Å². The fourth-order valence-corrected chi connectivity index (χ4v) is 3.39. The Morgan fingerprint density at radius 3 is 2.51 bits per heavy atom. The lowest BCUT2D eigenvalue weighted by atomic mass is 10.2. The van der Waals surface area contributed by atoms with Crippen LogP contribution in [0.2, 0.25) is 0 Å². The Balaban J connectivity index is 1.42. The molecule has 3 heterocycles. The number of benzene rings is 1. The van der Waals surface area contributed by atoms with Crippen LogP contribution >= 0.6 is 0 Å². The standard InChI is InChI=1S/C24H25F3N6O2/c1-16-12-19(15-33(16)14-17-4-9-21(29-13-17)28-10-11-32(2)3)23-30-22(31-35-23)18-5-7-20(8-6-18)34-24(25,26)27/h4-9,12-13,15H,10-11,14H2,1-3H3,(H,28,29). The van der Waals surface area contributed by atoms with E-state index < -0.39 is 6.36 Å². The molecule has 0 radical (unpaired) electrons. The van der Waals surface area contributed by atoms with E-state index in [1.54, 1.807) is 0 Å². The SMILES string of the molecule is Cc1cc(-c2nc(-c3ccc(OC(F)(F)F)cc3)no2)cn1Cc1ccc(NCCN(C)C)nc1. The molecule has 0 aliphatic heterocycles. The summed E-state index contributed by atoms with van der Waals surface area (Å²) in [5, 5.41) is 7.25. The summed E-state index contributed by atoms with van der Waals surface area (Å²) in [4.78, 5) is 11.0. The minimum absolute atomic E-state index is 0.269. The van der Waals surface area contributed by atoms with Crippen molar-refractivity contribution in [1.82, 2.24) is 24.6 Å². The molecular formula is C24H25F3N6O2. The molecule has 184 valence electrons. The molecule has 0 atom stereocenters. The average Bonchev–Trinajstić information content (AvgIpc) is 3.42. The summed E-state index contributed by atoms with van der Waals surface area (Å²) in [5.41, 5.74) is 3.30. The number of aromatic nitrogens is 4. The van der Waals surface area contributed by atoms with Gasteiger partial charge in [0.05, 0.1) is 5.56 Å². The maximum Gasteiger partial charge on any atom is 0.573 e. The number of likely N-dealkylation sites (N-methyl/N-ethyl adjacent to an activating group) is 1. The summed E-state index contributed by atoms with van der Waals surface area (Å²) in [6.45, 7) is 4.34. The van der Waals surface area contributed by atoms with Gasteiger partial charge < -0.3 is 24.0 Å². The summed E-state index contributed by atoms with van der Waals surface area (Å²) in [7, 11) is 4.05. The molecule has 0 amide bonds. The quantitative estimate of drug-likeness (QED) is 0.363. The van der Waals surface area contributed by atoms with Crippen LogP contribution in [0.3, 0.4) is 0 Å². The molecule has 0 spiro atoms. The van der Waals surface area contributed by atoms with Crippen LogP contribution < -0.4 is 10.1 Å². The molecule has 0 aliphatic rings. The van der Waals surface area contributed by atoms with Crippen molar-refractivity contribution in [2.24, 2.45) is 0 Å². The van der Waals surface area contributed by atoms with Crippen molar-refractivity contribution < 1.29 is 22.4 Å². The molecule has 0 fully saturated rings. The predicted molar refractivity (Wildman–Crippen MR) is 125 cm³/mol. The summed E-state index contributed by atoms with van der Waals surface area (Å²) in [6, 6.07) is 11.2. The Bertz CT molecular complexity index is 1250. The highest BCUT2D eigenvalue weighted by atomic mass is 19.4. The van der Waals surface area contributed by atoms with Gasteiger partial charge in [-0.15, -0.1) is 13.2 Å². The van der Waals surface area contributed by atoms with Crippen LogP contribution in [-0.4, -0.2) is 58.1 Å². The average molecular weight is 486 g/mol. The minimum atomic E-state index is -4.74. The van der Waals surface area contributed by atoms with Crippen LogP contribution in [0.25, 0.3) is 22.8 Å². The Morgan fingerprint density at radius 2 is 1.86 bits per heavy atom. The van der Waals surface area contributed by atoms with Gasteiger partial charge in [-0.2, -0.15) is 4.98 Å². The summed E-state index contributed by atoms with van der Waals surface area (Å²) in [6.07, 6.45) is -0.989. The largest absolute Gasteiger partial charge is 0.573 e. The summed E-state index contributed by atoms with van der Waals surface area (Å²) < 4.78 is 48.4. The van der Waals surface area contributed by atoms with Gasteiger partial charge in [0.1, 0.15) is 11.6 Å². The first-order chi connectivity index (χ1) is 16.7. The van der Waals surface area contributed by atoms with Crippen LogP contribution in [0.15, 0.2) is 59.4 Å². The summed E-state index contributed by atoms with van der Waals surface area (Å²) in [5.74, 6) is 1.10. The third kappa shape index (κ3) is 6.60. The number of rotatable bonds is 9. The second-order valence-electron chi connectivity index (χ2n) is 8.28. The Kier molecular flexibility index (Phi) is 7.06. The van der Waals surface area contributed by atoms with E-state index in [1.807, 2.05) is 51.6 Å². The molecule has 4 rings (SSSR count). The number of pyridine rings is 1. The number of ether oxygens (including phenoxy) is 1. The molecule has 1 N–H and O–H groups in total. The maximum atomic E-state index is 12.3. The molecule has 4 aromatic rings. The number of alkyl halides is 3. The Labute approximate surface area is 200 Å². The van der Waals surface area contributed by atoms with Gasteiger partial charge in [-0.05, 0) is 63.0 Å². The zero-order valence-corrected chi connectivity index (χ0v) is 19.5. The Morgan fingerprint density at radius 1 is 1.09 bits per heavy atom. The topological polar surface area (TPSA) is 81.2 Å². The fourth-order valence-electron chi connectivity index (χ4n) is 3.39. The normalized spacial score (nSPS) is 11.7. The lowest BCUT2D eigenvalue weighted by Gasteiger charge is -2.11. The van der Waals surface area contributed by atoms with E-state index in [9.17, 15) is 13.2 Å². The lowest BCUT2D eigenvalue weighted by molar-refractivity contribution is -0.274. The highest BCUT2D eigenvalue weighted by Crippen LogP contribution is 2.27. The molecule has 0 saturated heterocycles. The highest BCUT2D eigenvalue weighted by molar-refractivity contribution is 5.60. The molecule has 0 unspecified atom stereocenters. The molecule has 0 bridgehead atoms. The molecule has 0 saturated carbocycles. The number of nitrogens with one attached hydrogen (secondary N) is 1. The summed E-state index contributed by atoms with van der Waals surface area (Å²) >= 11 is 0. The molecule has 1 aromatic carbocycles. The zero-order chi connectivity index (χ0) is 25.0. The van der Waals surface area contributed by atoms with Crippen LogP contribution in [0, 0.1) is 6.92 Å². The number of aryl methyl sites for hydroxylation is 1. The van der Waals surface area contributed by atoms with Crippen molar-refractivity contribution in [2.45, 2.75) is 19.8 Å². The van der Waals surface area contributed by atoms with Crippen molar-refractivity contribution in [3.05, 3.63) is 66.1 Å². The number of hydrogen-bond donors (Lipinski definition) is 1. The number of halogens is 3. The molecule has 3 aromatic heterocycles. The molecule has 0 aliphatic carbocycles. The van der Waals surface area contributed by atoms with Gasteiger partial charge in [-0.1, -0.05) is 11.2 Å². The van der Waals surface area contributed by atoms with Crippen LogP contribution in [-0.2, 0) is 6.54 Å². The first-order valence-corrected chi connectivity index (χ1v) is 10.9. The van der Waals surface area contributed by atoms with Gasteiger partial charge in [0.25, 0.3) is 5.89 Å².